The van der Waals surface area contributed by atoms with Gasteiger partial charge in [-0.05, 0) is 56.0 Å². The Morgan fingerprint density at radius 1 is 1.03 bits per heavy atom. The van der Waals surface area contributed by atoms with Crippen molar-refractivity contribution >= 4 is 16.9 Å². The summed E-state index contributed by atoms with van der Waals surface area (Å²) in [5, 5.41) is 0.467. The van der Waals surface area contributed by atoms with Gasteiger partial charge in [-0.1, -0.05) is 38.0 Å². The molecule has 2 atom stereocenters. The third-order valence-corrected chi connectivity index (χ3v) is 6.89. The second-order valence-electron chi connectivity index (χ2n) is 9.36. The molecule has 0 aliphatic carbocycles. The average Bonchev–Trinajstić information content (AvgIpc) is 3.50. The molecule has 2 aliphatic rings. The summed E-state index contributed by atoms with van der Waals surface area (Å²) >= 11 is 0. The molecule has 1 fully saturated rings. The van der Waals surface area contributed by atoms with Crippen LogP contribution in [-0.2, 0) is 4.74 Å². The Morgan fingerprint density at radius 3 is 2.67 bits per heavy atom. The topological polar surface area (TPSA) is 78.2 Å². The number of amides is 1. The Balaban J connectivity index is 1.58. The first-order valence-corrected chi connectivity index (χ1v) is 13.0. The minimum absolute atomic E-state index is 0.0668. The minimum Gasteiger partial charge on any atom is -0.490 e. The van der Waals surface area contributed by atoms with E-state index in [-0.39, 0.29) is 23.2 Å². The van der Waals surface area contributed by atoms with E-state index in [4.69, 9.17) is 18.6 Å². The molecule has 3 heterocycles. The van der Waals surface area contributed by atoms with E-state index in [1.807, 2.05) is 25.1 Å². The lowest BCUT2D eigenvalue weighted by Gasteiger charge is -2.28. The Labute approximate surface area is 210 Å². The van der Waals surface area contributed by atoms with Gasteiger partial charge in [0, 0.05) is 13.2 Å². The van der Waals surface area contributed by atoms with Gasteiger partial charge >= 0.3 is 0 Å². The van der Waals surface area contributed by atoms with Gasteiger partial charge in [0.1, 0.15) is 5.58 Å². The van der Waals surface area contributed by atoms with E-state index >= 15 is 0 Å². The van der Waals surface area contributed by atoms with Crippen molar-refractivity contribution in [2.45, 2.75) is 58.1 Å². The number of fused-ring (bicyclic) bond motifs is 2. The monoisotopic (exact) mass is 491 g/mol. The first kappa shape index (κ1) is 24.4. The summed E-state index contributed by atoms with van der Waals surface area (Å²) in [5.74, 6) is 1.10. The number of hydrogen-bond donors (Lipinski definition) is 0. The summed E-state index contributed by atoms with van der Waals surface area (Å²) in [4.78, 5) is 29.0. The van der Waals surface area contributed by atoms with Crippen LogP contribution in [-0.4, -0.2) is 43.3 Å². The SMILES string of the molecule is CCCCCOc1ccc(C2c3c(oc4ccccc4c3=O)C(=O)N2CC2CCCO2)cc1OCC. The van der Waals surface area contributed by atoms with Crippen LogP contribution in [0.4, 0.5) is 0 Å². The number of rotatable bonds is 10. The maximum atomic E-state index is 13.7. The summed E-state index contributed by atoms with van der Waals surface area (Å²) in [6.07, 6.45) is 4.97. The van der Waals surface area contributed by atoms with Crippen molar-refractivity contribution in [2.75, 3.05) is 26.4 Å². The van der Waals surface area contributed by atoms with Crippen molar-refractivity contribution < 1.29 is 23.4 Å². The van der Waals surface area contributed by atoms with E-state index < -0.39 is 6.04 Å². The zero-order chi connectivity index (χ0) is 25.1. The predicted octanol–water partition coefficient (Wildman–Crippen LogP) is 5.48. The fraction of sp³-hybridized carbons (Fsp3) is 0.448. The lowest BCUT2D eigenvalue weighted by atomic mass is 9.97. The highest BCUT2D eigenvalue weighted by Gasteiger charge is 2.44. The van der Waals surface area contributed by atoms with Crippen LogP contribution in [0.3, 0.4) is 0 Å². The second-order valence-corrected chi connectivity index (χ2v) is 9.36. The Morgan fingerprint density at radius 2 is 1.89 bits per heavy atom. The zero-order valence-corrected chi connectivity index (χ0v) is 21.0. The Kier molecular flexibility index (Phi) is 7.28. The van der Waals surface area contributed by atoms with Crippen molar-refractivity contribution in [1.29, 1.82) is 0 Å². The van der Waals surface area contributed by atoms with E-state index in [0.717, 1.165) is 37.7 Å². The average molecular weight is 492 g/mol. The normalized spacial score (nSPS) is 19.2. The third kappa shape index (κ3) is 4.60. The van der Waals surface area contributed by atoms with Gasteiger partial charge in [0.2, 0.25) is 5.76 Å². The van der Waals surface area contributed by atoms with E-state index in [2.05, 4.69) is 6.92 Å². The summed E-state index contributed by atoms with van der Waals surface area (Å²) in [6.45, 7) is 6.24. The van der Waals surface area contributed by atoms with Crippen LogP contribution in [0.1, 0.15) is 73.7 Å². The summed E-state index contributed by atoms with van der Waals surface area (Å²) in [5.41, 5.74) is 1.39. The molecule has 2 unspecified atom stereocenters. The highest BCUT2D eigenvalue weighted by Crippen LogP contribution is 2.41. The summed E-state index contributed by atoms with van der Waals surface area (Å²) in [7, 11) is 0. The molecule has 36 heavy (non-hydrogen) atoms. The molecule has 1 amide bonds. The lowest BCUT2D eigenvalue weighted by molar-refractivity contribution is 0.0486. The van der Waals surface area contributed by atoms with E-state index in [0.29, 0.717) is 54.4 Å². The van der Waals surface area contributed by atoms with E-state index in [1.54, 1.807) is 29.2 Å². The minimum atomic E-state index is -0.592. The van der Waals surface area contributed by atoms with Crippen LogP contribution in [0.25, 0.3) is 11.0 Å². The summed E-state index contributed by atoms with van der Waals surface area (Å²) < 4.78 is 23.8. The first-order valence-electron chi connectivity index (χ1n) is 13.0. The van der Waals surface area contributed by atoms with Crippen LogP contribution in [0, 0.1) is 0 Å². The quantitative estimate of drug-likeness (QED) is 0.349. The van der Waals surface area contributed by atoms with Gasteiger partial charge in [-0.25, -0.2) is 0 Å². The van der Waals surface area contributed by atoms with Gasteiger partial charge in [0.25, 0.3) is 5.91 Å². The second kappa shape index (κ2) is 10.7. The molecule has 0 N–H and O–H groups in total. The number of benzene rings is 2. The van der Waals surface area contributed by atoms with Crippen molar-refractivity contribution in [2.24, 2.45) is 0 Å². The molecule has 7 nitrogen and oxygen atoms in total. The maximum absolute atomic E-state index is 13.7. The number of hydrogen-bond acceptors (Lipinski definition) is 6. The third-order valence-electron chi connectivity index (χ3n) is 6.89. The van der Waals surface area contributed by atoms with E-state index in [9.17, 15) is 9.59 Å². The smallest absolute Gasteiger partial charge is 0.291 e. The van der Waals surface area contributed by atoms with Crippen LogP contribution in [0.5, 0.6) is 11.5 Å². The fourth-order valence-corrected chi connectivity index (χ4v) is 5.13. The number of carbonyl (C=O) groups excluding carboxylic acids is 1. The molecule has 7 heteroatoms. The number of nitrogens with zero attached hydrogens (tertiary/aromatic N) is 1. The molecule has 1 saturated heterocycles. The van der Waals surface area contributed by atoms with Gasteiger partial charge in [0.05, 0.1) is 36.3 Å². The molecule has 0 spiro atoms. The molecule has 2 aromatic carbocycles. The van der Waals surface area contributed by atoms with Gasteiger partial charge in [0.15, 0.2) is 16.9 Å². The molecule has 2 aliphatic heterocycles. The van der Waals surface area contributed by atoms with Crippen molar-refractivity contribution in [3.05, 3.63) is 69.6 Å². The molecular formula is C29H33NO6. The number of unbranched alkanes of at least 4 members (excludes halogenated alkanes) is 2. The van der Waals surface area contributed by atoms with Crippen LogP contribution in [0.2, 0.25) is 0 Å². The number of carbonyl (C=O) groups is 1. The number of ether oxygens (including phenoxy) is 3. The molecule has 190 valence electrons. The molecule has 0 bridgehead atoms. The number of para-hydroxylation sites is 1. The maximum Gasteiger partial charge on any atom is 0.291 e. The van der Waals surface area contributed by atoms with Gasteiger partial charge in [-0.15, -0.1) is 0 Å². The van der Waals surface area contributed by atoms with E-state index in [1.165, 1.54) is 0 Å². The van der Waals surface area contributed by atoms with Crippen LogP contribution < -0.4 is 14.9 Å². The molecule has 0 saturated carbocycles. The van der Waals surface area contributed by atoms with Crippen molar-refractivity contribution in [3.8, 4) is 11.5 Å². The lowest BCUT2D eigenvalue weighted by Crippen LogP contribution is -2.36. The van der Waals surface area contributed by atoms with Crippen molar-refractivity contribution in [1.82, 2.24) is 4.90 Å². The van der Waals surface area contributed by atoms with Gasteiger partial charge in [-0.3, -0.25) is 9.59 Å². The molecule has 3 aromatic rings. The first-order chi connectivity index (χ1) is 17.6. The summed E-state index contributed by atoms with van der Waals surface area (Å²) in [6, 6.07) is 12.2. The largest absolute Gasteiger partial charge is 0.490 e. The standard InChI is InChI=1S/C29H33NO6/c1-3-5-8-15-35-23-14-13-19(17-24(23)33-4-2)26-25-27(31)21-11-6-7-12-22(21)36-28(25)29(32)30(26)18-20-10-9-16-34-20/h6-7,11-14,17,20,26H,3-5,8-10,15-16,18H2,1-2H3. The molecular weight excluding hydrogens is 458 g/mol. The fourth-order valence-electron chi connectivity index (χ4n) is 5.13. The molecule has 0 radical (unpaired) electrons. The van der Waals surface area contributed by atoms with Gasteiger partial charge in [-0.2, -0.15) is 0 Å². The molecule has 1 aromatic heterocycles. The Bertz CT molecular complexity index is 1290. The van der Waals surface area contributed by atoms with Crippen LogP contribution >= 0.6 is 0 Å². The van der Waals surface area contributed by atoms with Crippen LogP contribution in [0.15, 0.2) is 51.7 Å². The molecule has 5 rings (SSSR count). The van der Waals surface area contributed by atoms with Gasteiger partial charge < -0.3 is 23.5 Å². The zero-order valence-electron chi connectivity index (χ0n) is 21.0. The highest BCUT2D eigenvalue weighted by atomic mass is 16.5. The predicted molar refractivity (Wildman–Crippen MR) is 137 cm³/mol. The van der Waals surface area contributed by atoms with Crippen molar-refractivity contribution in [3.63, 3.8) is 0 Å². The highest BCUT2D eigenvalue weighted by molar-refractivity contribution is 5.99. The Hall–Kier alpha value is -3.32.